The highest BCUT2D eigenvalue weighted by Crippen LogP contribution is 2.44. The summed E-state index contributed by atoms with van der Waals surface area (Å²) in [5.41, 5.74) is 1.21. The van der Waals surface area contributed by atoms with E-state index in [0.29, 0.717) is 25.8 Å². The molecule has 1 fully saturated rings. The molecular weight excluding hydrogens is 318 g/mol. The van der Waals surface area contributed by atoms with Crippen LogP contribution in [0.3, 0.4) is 0 Å². The van der Waals surface area contributed by atoms with Crippen molar-refractivity contribution in [2.75, 3.05) is 6.54 Å². The van der Waals surface area contributed by atoms with Gasteiger partial charge in [0, 0.05) is 25.4 Å². The Morgan fingerprint density at radius 1 is 1.32 bits per heavy atom. The van der Waals surface area contributed by atoms with Crippen LogP contribution >= 0.6 is 0 Å². The number of carboxylic acids is 1. The molecule has 6 heteroatoms. The number of hydrogen-bond donors (Lipinski definition) is 2. The molecule has 0 saturated heterocycles. The zero-order chi connectivity index (χ0) is 18.0. The highest BCUT2D eigenvalue weighted by atomic mass is 16.4. The lowest BCUT2D eigenvalue weighted by atomic mass is 9.66. The first-order valence-corrected chi connectivity index (χ1v) is 8.89. The first kappa shape index (κ1) is 17.5. The number of benzene rings is 1. The van der Waals surface area contributed by atoms with Crippen LogP contribution in [-0.2, 0) is 16.0 Å². The molecule has 0 spiro atoms. The number of rotatable bonds is 7. The number of amides is 1. The molecule has 0 aliphatic heterocycles. The summed E-state index contributed by atoms with van der Waals surface area (Å²) in [4.78, 5) is 28.2. The number of carbonyl (C=O) groups excluding carboxylic acids is 1. The molecule has 25 heavy (non-hydrogen) atoms. The number of imidazole rings is 1. The first-order valence-electron chi connectivity index (χ1n) is 8.89. The zero-order valence-electron chi connectivity index (χ0n) is 14.8. The maximum absolute atomic E-state index is 12.1. The SMILES string of the molecule is CC(C)n1c(CCNC(=O)CC2(C(=O)O)CCC2)nc2ccccc21. The minimum Gasteiger partial charge on any atom is -0.481 e. The summed E-state index contributed by atoms with van der Waals surface area (Å²) in [7, 11) is 0. The number of nitrogens with one attached hydrogen (secondary N) is 1. The van der Waals surface area contributed by atoms with Gasteiger partial charge in [-0.2, -0.15) is 0 Å². The fourth-order valence-corrected chi connectivity index (χ4v) is 3.60. The van der Waals surface area contributed by atoms with Crippen LogP contribution in [0.15, 0.2) is 24.3 Å². The molecule has 2 N–H and O–H groups in total. The monoisotopic (exact) mass is 343 g/mol. The van der Waals surface area contributed by atoms with E-state index in [1.165, 1.54) is 0 Å². The predicted octanol–water partition coefficient (Wildman–Crippen LogP) is 2.92. The number of aromatic nitrogens is 2. The van der Waals surface area contributed by atoms with E-state index in [-0.39, 0.29) is 18.4 Å². The number of hydrogen-bond acceptors (Lipinski definition) is 3. The van der Waals surface area contributed by atoms with E-state index < -0.39 is 11.4 Å². The fraction of sp³-hybridized carbons (Fsp3) is 0.526. The van der Waals surface area contributed by atoms with Crippen molar-refractivity contribution in [2.45, 2.75) is 52.0 Å². The van der Waals surface area contributed by atoms with Gasteiger partial charge in [-0.05, 0) is 38.8 Å². The minimum absolute atomic E-state index is 0.0724. The maximum Gasteiger partial charge on any atom is 0.310 e. The molecule has 0 unspecified atom stereocenters. The van der Waals surface area contributed by atoms with Crippen LogP contribution in [0.4, 0.5) is 0 Å². The lowest BCUT2D eigenvalue weighted by Crippen LogP contribution is -2.42. The second kappa shape index (κ2) is 6.86. The Morgan fingerprint density at radius 3 is 2.64 bits per heavy atom. The summed E-state index contributed by atoms with van der Waals surface area (Å²) in [5.74, 6) is -0.0992. The predicted molar refractivity (Wildman–Crippen MR) is 95.4 cm³/mol. The fourth-order valence-electron chi connectivity index (χ4n) is 3.60. The van der Waals surface area contributed by atoms with Gasteiger partial charge in [-0.3, -0.25) is 9.59 Å². The number of fused-ring (bicyclic) bond motifs is 1. The Balaban J connectivity index is 1.62. The normalized spacial score (nSPS) is 16.0. The Morgan fingerprint density at radius 2 is 2.04 bits per heavy atom. The molecule has 0 atom stereocenters. The molecule has 1 aliphatic carbocycles. The molecule has 0 bridgehead atoms. The van der Waals surface area contributed by atoms with Gasteiger partial charge in [0.25, 0.3) is 0 Å². The Kier molecular flexibility index (Phi) is 4.79. The molecule has 134 valence electrons. The third-order valence-corrected chi connectivity index (χ3v) is 5.12. The highest BCUT2D eigenvalue weighted by Gasteiger charge is 2.45. The van der Waals surface area contributed by atoms with Crippen LogP contribution in [0.1, 0.15) is 51.4 Å². The number of para-hydroxylation sites is 2. The van der Waals surface area contributed by atoms with Gasteiger partial charge in [-0.25, -0.2) is 4.98 Å². The molecule has 1 aromatic heterocycles. The van der Waals surface area contributed by atoms with Gasteiger partial charge < -0.3 is 15.0 Å². The van der Waals surface area contributed by atoms with Gasteiger partial charge in [-0.1, -0.05) is 18.6 Å². The van der Waals surface area contributed by atoms with Crippen LogP contribution in [0.2, 0.25) is 0 Å². The van der Waals surface area contributed by atoms with Crippen LogP contribution in [0.5, 0.6) is 0 Å². The maximum atomic E-state index is 12.1. The third kappa shape index (κ3) is 3.38. The third-order valence-electron chi connectivity index (χ3n) is 5.12. The summed E-state index contributed by atoms with van der Waals surface area (Å²) < 4.78 is 2.19. The van der Waals surface area contributed by atoms with E-state index in [9.17, 15) is 14.7 Å². The molecule has 1 amide bonds. The molecule has 1 saturated carbocycles. The lowest BCUT2D eigenvalue weighted by Gasteiger charge is -2.36. The average Bonchev–Trinajstić information content (AvgIpc) is 2.88. The number of carbonyl (C=O) groups is 2. The van der Waals surface area contributed by atoms with Crippen molar-refractivity contribution in [3.63, 3.8) is 0 Å². The molecular formula is C19H25N3O3. The second-order valence-corrected chi connectivity index (χ2v) is 7.20. The van der Waals surface area contributed by atoms with Crippen LogP contribution in [0.25, 0.3) is 11.0 Å². The zero-order valence-corrected chi connectivity index (χ0v) is 14.8. The van der Waals surface area contributed by atoms with E-state index in [1.807, 2.05) is 18.2 Å². The minimum atomic E-state index is -0.851. The van der Waals surface area contributed by atoms with Gasteiger partial charge in [0.05, 0.1) is 16.4 Å². The highest BCUT2D eigenvalue weighted by molar-refractivity contribution is 5.85. The molecule has 1 heterocycles. The van der Waals surface area contributed by atoms with Crippen molar-refractivity contribution in [3.8, 4) is 0 Å². The van der Waals surface area contributed by atoms with Crippen molar-refractivity contribution in [1.29, 1.82) is 0 Å². The molecule has 1 aliphatic rings. The lowest BCUT2D eigenvalue weighted by molar-refractivity contribution is -0.157. The molecule has 0 radical (unpaired) electrons. The summed E-state index contributed by atoms with van der Waals surface area (Å²) >= 11 is 0. The van der Waals surface area contributed by atoms with Crippen molar-refractivity contribution >= 4 is 22.9 Å². The average molecular weight is 343 g/mol. The van der Waals surface area contributed by atoms with E-state index in [1.54, 1.807) is 0 Å². The Bertz CT molecular complexity index is 790. The standard InChI is InChI=1S/C19H25N3O3/c1-13(2)22-15-7-4-3-6-14(15)21-16(22)8-11-20-17(23)12-19(18(24)25)9-5-10-19/h3-4,6-7,13H,5,8-12H2,1-2H3,(H,20,23)(H,24,25). The summed E-state index contributed by atoms with van der Waals surface area (Å²) in [5, 5.41) is 12.2. The quantitative estimate of drug-likeness (QED) is 0.809. The summed E-state index contributed by atoms with van der Waals surface area (Å²) in [6.45, 7) is 4.69. The molecule has 3 rings (SSSR count). The van der Waals surface area contributed by atoms with Gasteiger partial charge >= 0.3 is 5.97 Å². The van der Waals surface area contributed by atoms with Crippen LogP contribution in [-0.4, -0.2) is 33.1 Å². The van der Waals surface area contributed by atoms with E-state index >= 15 is 0 Å². The van der Waals surface area contributed by atoms with Crippen LogP contribution in [0, 0.1) is 5.41 Å². The van der Waals surface area contributed by atoms with E-state index in [2.05, 4.69) is 34.8 Å². The van der Waals surface area contributed by atoms with Gasteiger partial charge in [0.15, 0.2) is 0 Å². The molecule has 2 aromatic rings. The second-order valence-electron chi connectivity index (χ2n) is 7.20. The van der Waals surface area contributed by atoms with Crippen molar-refractivity contribution in [1.82, 2.24) is 14.9 Å². The van der Waals surface area contributed by atoms with Crippen molar-refractivity contribution in [2.24, 2.45) is 5.41 Å². The smallest absolute Gasteiger partial charge is 0.310 e. The van der Waals surface area contributed by atoms with Gasteiger partial charge in [0.1, 0.15) is 5.82 Å². The van der Waals surface area contributed by atoms with Gasteiger partial charge in [0.2, 0.25) is 5.91 Å². The summed E-state index contributed by atoms with van der Waals surface area (Å²) in [6, 6.07) is 8.29. The summed E-state index contributed by atoms with van der Waals surface area (Å²) in [6.07, 6.45) is 2.78. The van der Waals surface area contributed by atoms with E-state index in [0.717, 1.165) is 23.3 Å². The topological polar surface area (TPSA) is 84.2 Å². The van der Waals surface area contributed by atoms with Crippen molar-refractivity contribution in [3.05, 3.63) is 30.1 Å². The van der Waals surface area contributed by atoms with Crippen molar-refractivity contribution < 1.29 is 14.7 Å². The molecule has 1 aromatic carbocycles. The number of aliphatic carboxylic acids is 1. The molecule has 6 nitrogen and oxygen atoms in total. The Labute approximate surface area is 147 Å². The number of carboxylic acid groups (broad SMARTS) is 1. The van der Waals surface area contributed by atoms with E-state index in [4.69, 9.17) is 0 Å². The first-order chi connectivity index (χ1) is 11.9. The number of nitrogens with zero attached hydrogens (tertiary/aromatic N) is 2. The van der Waals surface area contributed by atoms with Gasteiger partial charge in [-0.15, -0.1) is 0 Å². The largest absolute Gasteiger partial charge is 0.481 e. The van der Waals surface area contributed by atoms with Crippen LogP contribution < -0.4 is 5.32 Å². The Hall–Kier alpha value is -2.37.